The van der Waals surface area contributed by atoms with E-state index in [2.05, 4.69) is 29.1 Å². The van der Waals surface area contributed by atoms with Crippen LogP contribution in [0.15, 0.2) is 28.9 Å². The first-order valence-electron chi connectivity index (χ1n) is 6.02. The van der Waals surface area contributed by atoms with Crippen LogP contribution < -0.4 is 5.32 Å². The van der Waals surface area contributed by atoms with Gasteiger partial charge in [-0.25, -0.2) is 4.98 Å². The highest BCUT2D eigenvalue weighted by molar-refractivity contribution is 5.10. The fraction of sp³-hybridized carbons (Fsp3) is 0.462. The molecule has 2 heterocycles. The maximum Gasteiger partial charge on any atom is 0.123 e. The van der Waals surface area contributed by atoms with Gasteiger partial charge in [0.15, 0.2) is 0 Å². The molecule has 0 aliphatic rings. The molecule has 0 saturated heterocycles. The van der Waals surface area contributed by atoms with Crippen LogP contribution >= 0.6 is 0 Å². The van der Waals surface area contributed by atoms with Crippen LogP contribution in [-0.4, -0.2) is 9.97 Å². The smallest absolute Gasteiger partial charge is 0.123 e. The first-order chi connectivity index (χ1) is 8.20. The molecule has 0 aliphatic carbocycles. The van der Waals surface area contributed by atoms with Crippen molar-refractivity contribution in [3.05, 3.63) is 41.9 Å². The van der Waals surface area contributed by atoms with E-state index in [0.29, 0.717) is 0 Å². The van der Waals surface area contributed by atoms with Gasteiger partial charge in [0.25, 0.3) is 0 Å². The first-order valence-corrected chi connectivity index (χ1v) is 6.02. The average molecular weight is 233 g/mol. The maximum atomic E-state index is 5.61. The largest absolute Gasteiger partial charge is 0.465 e. The Bertz CT molecular complexity index is 447. The van der Waals surface area contributed by atoms with Crippen LogP contribution in [0.25, 0.3) is 0 Å². The van der Waals surface area contributed by atoms with Gasteiger partial charge >= 0.3 is 0 Å². The number of aromatic nitrogens is 2. The molecule has 0 radical (unpaired) electrons. The summed E-state index contributed by atoms with van der Waals surface area (Å²) in [5.74, 6) is 2.88. The van der Waals surface area contributed by atoms with Crippen LogP contribution in [0.2, 0.25) is 0 Å². The second-order valence-electron chi connectivity index (χ2n) is 4.27. The molecule has 2 aromatic heterocycles. The van der Waals surface area contributed by atoms with E-state index in [1.165, 1.54) is 0 Å². The van der Waals surface area contributed by atoms with E-state index in [0.717, 1.165) is 23.8 Å². The second-order valence-corrected chi connectivity index (χ2v) is 4.27. The minimum absolute atomic E-state index is 0.179. The molecule has 2 aromatic rings. The van der Waals surface area contributed by atoms with E-state index < -0.39 is 0 Å². The van der Waals surface area contributed by atoms with Crippen LogP contribution in [0.1, 0.15) is 49.7 Å². The van der Waals surface area contributed by atoms with Crippen LogP contribution in [-0.2, 0) is 0 Å². The number of rotatable bonds is 5. The molecule has 17 heavy (non-hydrogen) atoms. The summed E-state index contributed by atoms with van der Waals surface area (Å²) in [5, 5.41) is 3.51. The lowest BCUT2D eigenvalue weighted by molar-refractivity contribution is 0.372. The van der Waals surface area contributed by atoms with Gasteiger partial charge in [0.1, 0.15) is 17.3 Å². The molecule has 4 heteroatoms. The van der Waals surface area contributed by atoms with Gasteiger partial charge in [0.2, 0.25) is 0 Å². The number of H-pyrrole nitrogens is 1. The number of aromatic amines is 1. The number of hydrogen-bond donors (Lipinski definition) is 2. The first kappa shape index (κ1) is 11.9. The number of imidazole rings is 1. The van der Waals surface area contributed by atoms with Crippen molar-refractivity contribution < 1.29 is 4.42 Å². The van der Waals surface area contributed by atoms with Gasteiger partial charge in [-0.15, -0.1) is 0 Å². The van der Waals surface area contributed by atoms with Gasteiger partial charge < -0.3 is 9.40 Å². The summed E-state index contributed by atoms with van der Waals surface area (Å²) in [6.45, 7) is 6.20. The highest BCUT2D eigenvalue weighted by atomic mass is 16.3. The number of furan rings is 1. The molecule has 2 rings (SSSR count). The molecule has 0 amide bonds. The number of aryl methyl sites for hydroxylation is 1. The van der Waals surface area contributed by atoms with Crippen molar-refractivity contribution in [2.24, 2.45) is 0 Å². The summed E-state index contributed by atoms with van der Waals surface area (Å²) in [5.41, 5.74) is 0. The Hall–Kier alpha value is -1.55. The van der Waals surface area contributed by atoms with Crippen molar-refractivity contribution in [2.75, 3.05) is 0 Å². The van der Waals surface area contributed by atoms with E-state index in [-0.39, 0.29) is 12.1 Å². The topological polar surface area (TPSA) is 53.9 Å². The van der Waals surface area contributed by atoms with Crippen LogP contribution in [0.3, 0.4) is 0 Å². The van der Waals surface area contributed by atoms with Crippen LogP contribution in [0.4, 0.5) is 0 Å². The molecule has 4 nitrogen and oxygen atoms in total. The Kier molecular flexibility index (Phi) is 3.64. The highest BCUT2D eigenvalue weighted by Gasteiger charge is 2.17. The molecular formula is C13H19N3O. The zero-order valence-corrected chi connectivity index (χ0v) is 10.5. The quantitative estimate of drug-likeness (QED) is 0.834. The lowest BCUT2D eigenvalue weighted by atomic mass is 10.1. The molecule has 0 spiro atoms. The standard InChI is InChI=1S/C13H19N3O/c1-4-11(13-14-7-8-15-13)16-10(3)12-6-5-9(2)17-12/h5-8,10-11,16H,4H2,1-3H3,(H,14,15). The van der Waals surface area contributed by atoms with Crippen LogP contribution in [0.5, 0.6) is 0 Å². The Labute approximate surface area is 101 Å². The molecule has 0 aromatic carbocycles. The normalized spacial score (nSPS) is 14.8. The third kappa shape index (κ3) is 2.77. The molecule has 2 atom stereocenters. The fourth-order valence-electron chi connectivity index (χ4n) is 1.93. The minimum atomic E-state index is 0.179. The third-order valence-corrected chi connectivity index (χ3v) is 2.90. The predicted octanol–water partition coefficient (Wildman–Crippen LogP) is 3.11. The summed E-state index contributed by atoms with van der Waals surface area (Å²) < 4.78 is 5.61. The molecule has 92 valence electrons. The summed E-state index contributed by atoms with van der Waals surface area (Å²) >= 11 is 0. The summed E-state index contributed by atoms with van der Waals surface area (Å²) in [7, 11) is 0. The predicted molar refractivity (Wildman–Crippen MR) is 66.6 cm³/mol. The zero-order chi connectivity index (χ0) is 12.3. The van der Waals surface area contributed by atoms with Gasteiger partial charge in [0.05, 0.1) is 12.1 Å². The van der Waals surface area contributed by atoms with E-state index >= 15 is 0 Å². The Morgan fingerprint density at radius 2 is 2.29 bits per heavy atom. The van der Waals surface area contributed by atoms with Crippen molar-refractivity contribution >= 4 is 0 Å². The van der Waals surface area contributed by atoms with Gasteiger partial charge in [-0.05, 0) is 32.4 Å². The van der Waals surface area contributed by atoms with Gasteiger partial charge in [-0.3, -0.25) is 5.32 Å². The van der Waals surface area contributed by atoms with Crippen molar-refractivity contribution in [2.45, 2.75) is 39.3 Å². The highest BCUT2D eigenvalue weighted by Crippen LogP contribution is 2.21. The number of hydrogen-bond acceptors (Lipinski definition) is 3. The van der Waals surface area contributed by atoms with Crippen molar-refractivity contribution in [1.29, 1.82) is 0 Å². The fourth-order valence-corrected chi connectivity index (χ4v) is 1.93. The van der Waals surface area contributed by atoms with Crippen molar-refractivity contribution in [3.8, 4) is 0 Å². The van der Waals surface area contributed by atoms with Gasteiger partial charge in [-0.2, -0.15) is 0 Å². The average Bonchev–Trinajstić information content (AvgIpc) is 2.96. The molecular weight excluding hydrogens is 214 g/mol. The lowest BCUT2D eigenvalue weighted by Crippen LogP contribution is -2.24. The molecule has 0 bridgehead atoms. The Balaban J connectivity index is 2.04. The molecule has 0 fully saturated rings. The molecule has 0 aliphatic heterocycles. The maximum absolute atomic E-state index is 5.61. The summed E-state index contributed by atoms with van der Waals surface area (Å²) in [6.07, 6.45) is 4.61. The second kappa shape index (κ2) is 5.19. The summed E-state index contributed by atoms with van der Waals surface area (Å²) in [6, 6.07) is 4.41. The summed E-state index contributed by atoms with van der Waals surface area (Å²) in [4.78, 5) is 7.44. The van der Waals surface area contributed by atoms with E-state index in [9.17, 15) is 0 Å². The van der Waals surface area contributed by atoms with E-state index in [1.54, 1.807) is 6.20 Å². The van der Waals surface area contributed by atoms with E-state index in [1.807, 2.05) is 25.3 Å². The number of nitrogens with one attached hydrogen (secondary N) is 2. The SMILES string of the molecule is CCC(NC(C)c1ccc(C)o1)c1ncc[nH]1. The monoisotopic (exact) mass is 233 g/mol. The molecule has 0 saturated carbocycles. The zero-order valence-electron chi connectivity index (χ0n) is 10.5. The Morgan fingerprint density at radius 1 is 1.47 bits per heavy atom. The lowest BCUT2D eigenvalue weighted by Gasteiger charge is -2.19. The van der Waals surface area contributed by atoms with Gasteiger partial charge in [-0.1, -0.05) is 6.92 Å². The Morgan fingerprint density at radius 3 is 2.82 bits per heavy atom. The number of nitrogens with zero attached hydrogens (tertiary/aromatic N) is 1. The minimum Gasteiger partial charge on any atom is -0.465 e. The van der Waals surface area contributed by atoms with Gasteiger partial charge in [0, 0.05) is 12.4 Å². The van der Waals surface area contributed by atoms with Crippen LogP contribution in [0, 0.1) is 6.92 Å². The van der Waals surface area contributed by atoms with E-state index in [4.69, 9.17) is 4.42 Å². The van der Waals surface area contributed by atoms with Crippen molar-refractivity contribution in [3.63, 3.8) is 0 Å². The molecule has 2 N–H and O–H groups in total. The molecule has 2 unspecified atom stereocenters. The third-order valence-electron chi connectivity index (χ3n) is 2.90. The van der Waals surface area contributed by atoms with Crippen molar-refractivity contribution in [1.82, 2.24) is 15.3 Å².